The Hall–Kier alpha value is -1.63. The van der Waals surface area contributed by atoms with Gasteiger partial charge in [-0.2, -0.15) is 0 Å². The molecule has 1 rings (SSSR count). The van der Waals surface area contributed by atoms with Crippen LogP contribution in [0, 0.1) is 20.8 Å². The lowest BCUT2D eigenvalue weighted by atomic mass is 10.2. The third-order valence-electron chi connectivity index (χ3n) is 2.96. The number of nitrogens with one attached hydrogen (secondary N) is 2. The summed E-state index contributed by atoms with van der Waals surface area (Å²) < 4.78 is 0. The SMILES string of the molecule is CCCNC(=O)CNC(=O)CSc1nc(C)c(C)c(C)n1. The second kappa shape index (κ2) is 8.61. The van der Waals surface area contributed by atoms with Crippen LogP contribution < -0.4 is 10.6 Å². The van der Waals surface area contributed by atoms with Gasteiger partial charge in [0, 0.05) is 17.9 Å². The summed E-state index contributed by atoms with van der Waals surface area (Å²) in [5.41, 5.74) is 2.91. The Labute approximate surface area is 129 Å². The molecule has 0 unspecified atom stereocenters. The van der Waals surface area contributed by atoms with Crippen LogP contribution in [0.15, 0.2) is 5.16 Å². The number of carbonyl (C=O) groups is 2. The minimum absolute atomic E-state index is 0.00615. The van der Waals surface area contributed by atoms with E-state index in [1.165, 1.54) is 11.8 Å². The Morgan fingerprint density at radius 1 is 1.05 bits per heavy atom. The zero-order valence-electron chi connectivity index (χ0n) is 12.9. The highest BCUT2D eigenvalue weighted by Gasteiger charge is 2.09. The maximum Gasteiger partial charge on any atom is 0.239 e. The smallest absolute Gasteiger partial charge is 0.239 e. The quantitative estimate of drug-likeness (QED) is 0.583. The van der Waals surface area contributed by atoms with Gasteiger partial charge < -0.3 is 10.6 Å². The molecule has 1 aromatic rings. The summed E-state index contributed by atoms with van der Waals surface area (Å²) in [5, 5.41) is 5.86. The van der Waals surface area contributed by atoms with Crippen molar-refractivity contribution < 1.29 is 9.59 Å². The molecule has 7 heteroatoms. The molecule has 0 aliphatic carbocycles. The normalized spacial score (nSPS) is 10.3. The molecule has 0 spiro atoms. The average Bonchev–Trinajstić information content (AvgIpc) is 2.46. The number of carbonyl (C=O) groups excluding carboxylic acids is 2. The van der Waals surface area contributed by atoms with Gasteiger partial charge in [-0.1, -0.05) is 18.7 Å². The lowest BCUT2D eigenvalue weighted by Gasteiger charge is -2.07. The molecule has 0 aromatic carbocycles. The monoisotopic (exact) mass is 310 g/mol. The van der Waals surface area contributed by atoms with Crippen molar-refractivity contribution in [3.8, 4) is 0 Å². The number of thioether (sulfide) groups is 1. The molecular weight excluding hydrogens is 288 g/mol. The predicted octanol–water partition coefficient (Wildman–Crippen LogP) is 1.14. The topological polar surface area (TPSA) is 84.0 Å². The van der Waals surface area contributed by atoms with Crippen LogP contribution >= 0.6 is 11.8 Å². The van der Waals surface area contributed by atoms with Crippen LogP contribution in [0.4, 0.5) is 0 Å². The van der Waals surface area contributed by atoms with Gasteiger partial charge in [-0.25, -0.2) is 9.97 Å². The van der Waals surface area contributed by atoms with Gasteiger partial charge in [0.2, 0.25) is 11.8 Å². The van der Waals surface area contributed by atoms with Gasteiger partial charge in [0.1, 0.15) is 0 Å². The number of amides is 2. The summed E-state index contributed by atoms with van der Waals surface area (Å²) in [6, 6.07) is 0. The first kappa shape index (κ1) is 17.4. The number of hydrogen-bond donors (Lipinski definition) is 2. The van der Waals surface area contributed by atoms with Crippen molar-refractivity contribution in [1.29, 1.82) is 0 Å². The Balaban J connectivity index is 2.38. The van der Waals surface area contributed by atoms with Crippen LogP contribution in [0.3, 0.4) is 0 Å². The molecule has 6 nitrogen and oxygen atoms in total. The van der Waals surface area contributed by atoms with E-state index in [2.05, 4.69) is 20.6 Å². The van der Waals surface area contributed by atoms with Gasteiger partial charge in [-0.05, 0) is 32.8 Å². The van der Waals surface area contributed by atoms with Gasteiger partial charge in [0.25, 0.3) is 0 Å². The van der Waals surface area contributed by atoms with E-state index in [-0.39, 0.29) is 24.1 Å². The summed E-state index contributed by atoms with van der Waals surface area (Å²) in [5.74, 6) is -0.178. The molecule has 0 aliphatic rings. The van der Waals surface area contributed by atoms with Crippen molar-refractivity contribution >= 4 is 23.6 Å². The fourth-order valence-corrected chi connectivity index (χ4v) is 2.26. The van der Waals surface area contributed by atoms with E-state index in [0.29, 0.717) is 11.7 Å². The molecule has 0 saturated heterocycles. The first-order valence-corrected chi connectivity index (χ1v) is 7.90. The van der Waals surface area contributed by atoms with E-state index in [4.69, 9.17) is 0 Å². The molecule has 1 heterocycles. The number of hydrogen-bond acceptors (Lipinski definition) is 5. The first-order chi connectivity index (χ1) is 9.93. The van der Waals surface area contributed by atoms with Crippen LogP contribution in [-0.2, 0) is 9.59 Å². The van der Waals surface area contributed by atoms with E-state index in [0.717, 1.165) is 23.4 Å². The third kappa shape index (κ3) is 6.12. The summed E-state index contributed by atoms with van der Waals surface area (Å²) in [6.45, 7) is 8.42. The first-order valence-electron chi connectivity index (χ1n) is 6.92. The summed E-state index contributed by atoms with van der Waals surface area (Å²) in [7, 11) is 0. The molecule has 0 radical (unpaired) electrons. The zero-order chi connectivity index (χ0) is 15.8. The highest BCUT2D eigenvalue weighted by molar-refractivity contribution is 7.99. The van der Waals surface area contributed by atoms with Crippen molar-refractivity contribution in [2.24, 2.45) is 0 Å². The maximum absolute atomic E-state index is 11.7. The number of nitrogens with zero attached hydrogens (tertiary/aromatic N) is 2. The average molecular weight is 310 g/mol. The maximum atomic E-state index is 11.7. The van der Waals surface area contributed by atoms with Crippen LogP contribution in [0.25, 0.3) is 0 Å². The second-order valence-electron chi connectivity index (χ2n) is 4.72. The number of aryl methyl sites for hydroxylation is 2. The fourth-order valence-electron chi connectivity index (χ4n) is 1.49. The molecule has 116 valence electrons. The largest absolute Gasteiger partial charge is 0.355 e. The number of aromatic nitrogens is 2. The predicted molar refractivity (Wildman–Crippen MR) is 83.3 cm³/mol. The van der Waals surface area contributed by atoms with E-state index in [1.54, 1.807) is 0 Å². The highest BCUT2D eigenvalue weighted by atomic mass is 32.2. The van der Waals surface area contributed by atoms with Gasteiger partial charge in [0.05, 0.1) is 12.3 Å². The van der Waals surface area contributed by atoms with Gasteiger partial charge >= 0.3 is 0 Å². The summed E-state index contributed by atoms with van der Waals surface area (Å²) in [6.07, 6.45) is 0.874. The zero-order valence-corrected chi connectivity index (χ0v) is 13.8. The van der Waals surface area contributed by atoms with Crippen molar-refractivity contribution in [2.75, 3.05) is 18.8 Å². The Bertz CT molecular complexity index is 497. The Morgan fingerprint density at radius 2 is 1.67 bits per heavy atom. The molecule has 2 N–H and O–H groups in total. The van der Waals surface area contributed by atoms with Gasteiger partial charge in [-0.15, -0.1) is 0 Å². The van der Waals surface area contributed by atoms with Crippen molar-refractivity contribution in [2.45, 2.75) is 39.3 Å². The van der Waals surface area contributed by atoms with Crippen LogP contribution in [-0.4, -0.2) is 40.6 Å². The fraction of sp³-hybridized carbons (Fsp3) is 0.571. The van der Waals surface area contributed by atoms with E-state index < -0.39 is 0 Å². The molecule has 0 atom stereocenters. The lowest BCUT2D eigenvalue weighted by Crippen LogP contribution is -2.37. The third-order valence-corrected chi connectivity index (χ3v) is 3.81. The Kier molecular flexibility index (Phi) is 7.14. The number of rotatable bonds is 7. The molecule has 0 saturated carbocycles. The van der Waals surface area contributed by atoms with E-state index in [1.807, 2.05) is 27.7 Å². The summed E-state index contributed by atoms with van der Waals surface area (Å²) in [4.78, 5) is 31.7. The minimum Gasteiger partial charge on any atom is -0.355 e. The van der Waals surface area contributed by atoms with Crippen LogP contribution in [0.5, 0.6) is 0 Å². The second-order valence-corrected chi connectivity index (χ2v) is 5.66. The minimum atomic E-state index is -0.203. The molecular formula is C14H22N4O2S. The molecule has 0 bridgehead atoms. The molecule has 1 aromatic heterocycles. The van der Waals surface area contributed by atoms with Gasteiger partial charge in [-0.3, -0.25) is 9.59 Å². The molecule has 0 aliphatic heterocycles. The van der Waals surface area contributed by atoms with Crippen molar-refractivity contribution in [1.82, 2.24) is 20.6 Å². The van der Waals surface area contributed by atoms with Crippen molar-refractivity contribution in [3.05, 3.63) is 17.0 Å². The van der Waals surface area contributed by atoms with Crippen molar-refractivity contribution in [3.63, 3.8) is 0 Å². The van der Waals surface area contributed by atoms with E-state index in [9.17, 15) is 9.59 Å². The standard InChI is InChI=1S/C14H22N4O2S/c1-5-6-15-12(19)7-16-13(20)8-21-14-17-10(3)9(2)11(4)18-14/h5-8H2,1-4H3,(H,15,19)(H,16,20). The van der Waals surface area contributed by atoms with Crippen LogP contribution in [0.2, 0.25) is 0 Å². The van der Waals surface area contributed by atoms with E-state index >= 15 is 0 Å². The molecule has 2 amide bonds. The van der Waals surface area contributed by atoms with Gasteiger partial charge in [0.15, 0.2) is 5.16 Å². The van der Waals surface area contributed by atoms with Crippen LogP contribution in [0.1, 0.15) is 30.3 Å². The lowest BCUT2D eigenvalue weighted by molar-refractivity contribution is -0.124. The summed E-state index contributed by atoms with van der Waals surface area (Å²) >= 11 is 1.27. The Morgan fingerprint density at radius 3 is 2.24 bits per heavy atom. The highest BCUT2D eigenvalue weighted by Crippen LogP contribution is 2.16. The molecule has 21 heavy (non-hydrogen) atoms. The molecule has 0 fully saturated rings.